The first-order chi connectivity index (χ1) is 20.0. The average Bonchev–Trinajstić information content (AvgIpc) is 2.93. The molecule has 0 nitrogen and oxygen atoms in total. The molecular weight excluding hydrogens is 504 g/mol. The van der Waals surface area contributed by atoms with Crippen LogP contribution in [0.1, 0.15) is 176 Å². The molecule has 1 aliphatic rings. The van der Waals surface area contributed by atoms with Crippen LogP contribution >= 0.6 is 0 Å². The molecule has 0 aromatic heterocycles. The van der Waals surface area contributed by atoms with Gasteiger partial charge in [0.1, 0.15) is 0 Å². The Balaban J connectivity index is 2.14. The number of hydrogen-bond donors (Lipinski definition) is 0. The summed E-state index contributed by atoms with van der Waals surface area (Å²) < 4.78 is 0. The van der Waals surface area contributed by atoms with Crippen LogP contribution in [0.15, 0.2) is 24.3 Å². The summed E-state index contributed by atoms with van der Waals surface area (Å²) >= 11 is 0. The highest BCUT2D eigenvalue weighted by atomic mass is 14.4. The van der Waals surface area contributed by atoms with Gasteiger partial charge in [-0.05, 0) is 141 Å². The van der Waals surface area contributed by atoms with E-state index >= 15 is 0 Å². The molecule has 0 unspecified atom stereocenters. The van der Waals surface area contributed by atoms with Crippen molar-refractivity contribution in [3.05, 3.63) is 79.9 Å². The maximum Gasteiger partial charge on any atom is -0.00139 e. The van der Waals surface area contributed by atoms with Crippen molar-refractivity contribution in [1.82, 2.24) is 0 Å². The molecule has 0 N–H and O–H groups in total. The highest BCUT2D eigenvalue weighted by molar-refractivity contribution is 5.93. The molecule has 3 aromatic rings. The van der Waals surface area contributed by atoms with Gasteiger partial charge in [0.15, 0.2) is 0 Å². The van der Waals surface area contributed by atoms with Crippen LogP contribution in [0.5, 0.6) is 0 Å². The number of fused-ring (bicyclic) bond motifs is 3. The number of benzene rings is 3. The Morgan fingerprint density at radius 2 is 0.762 bits per heavy atom. The summed E-state index contributed by atoms with van der Waals surface area (Å²) in [6.45, 7) is 24.2. The van der Waals surface area contributed by atoms with Crippen molar-refractivity contribution in [2.24, 2.45) is 0 Å². The first kappa shape index (κ1) is 32.8. The van der Waals surface area contributed by atoms with Gasteiger partial charge in [0.25, 0.3) is 0 Å². The fraction of sp³-hybridized carbons (Fsp3) is 0.619. The smallest absolute Gasteiger partial charge is 0.00139 e. The molecule has 0 saturated carbocycles. The van der Waals surface area contributed by atoms with Crippen LogP contribution in [0, 0.1) is 0 Å². The summed E-state index contributed by atoms with van der Waals surface area (Å²) in [6, 6.07) is 9.38. The molecule has 0 spiro atoms. The Labute approximate surface area is 260 Å². The normalized spacial score (nSPS) is 13.5. The van der Waals surface area contributed by atoms with E-state index in [1.54, 1.807) is 55.6 Å². The molecule has 0 atom stereocenters. The predicted molar refractivity (Wildman–Crippen MR) is 188 cm³/mol. The van der Waals surface area contributed by atoms with Gasteiger partial charge in [0, 0.05) is 0 Å². The Kier molecular flexibility index (Phi) is 10.7. The maximum absolute atomic E-state index is 2.45. The van der Waals surface area contributed by atoms with Gasteiger partial charge in [-0.2, -0.15) is 0 Å². The summed E-state index contributed by atoms with van der Waals surface area (Å²) in [7, 11) is 0. The lowest BCUT2D eigenvalue weighted by Crippen LogP contribution is -2.27. The van der Waals surface area contributed by atoms with Gasteiger partial charge in [-0.3, -0.25) is 0 Å². The average molecular weight is 567 g/mol. The van der Waals surface area contributed by atoms with Gasteiger partial charge in [0.05, 0.1) is 0 Å². The van der Waals surface area contributed by atoms with Gasteiger partial charge >= 0.3 is 0 Å². The molecule has 0 amide bonds. The summed E-state index contributed by atoms with van der Waals surface area (Å²) in [4.78, 5) is 0. The van der Waals surface area contributed by atoms with Crippen molar-refractivity contribution in [3.8, 4) is 0 Å². The Hall–Kier alpha value is -2.08. The highest BCUT2D eigenvalue weighted by Gasteiger charge is 2.35. The third-order valence-corrected chi connectivity index (χ3v) is 9.95. The molecule has 42 heavy (non-hydrogen) atoms. The zero-order valence-electron chi connectivity index (χ0n) is 29.2. The van der Waals surface area contributed by atoms with Crippen molar-refractivity contribution in [1.29, 1.82) is 0 Å². The third kappa shape index (κ3) is 6.54. The van der Waals surface area contributed by atoms with E-state index in [1.807, 2.05) is 0 Å². The van der Waals surface area contributed by atoms with E-state index in [4.69, 9.17) is 0 Å². The van der Waals surface area contributed by atoms with Gasteiger partial charge in [-0.25, -0.2) is 0 Å². The van der Waals surface area contributed by atoms with E-state index in [2.05, 4.69) is 93.5 Å². The lowest BCUT2D eigenvalue weighted by Gasteiger charge is -2.38. The van der Waals surface area contributed by atoms with Gasteiger partial charge in [0.2, 0.25) is 0 Å². The van der Waals surface area contributed by atoms with Crippen molar-refractivity contribution >= 4 is 10.8 Å². The lowest BCUT2D eigenvalue weighted by molar-refractivity contribution is 0.571. The van der Waals surface area contributed by atoms with Crippen LogP contribution in [-0.2, 0) is 49.4 Å². The first-order valence-electron chi connectivity index (χ1n) is 17.7. The molecule has 230 valence electrons. The number of hydrogen-bond acceptors (Lipinski definition) is 0. The van der Waals surface area contributed by atoms with Crippen LogP contribution in [0.25, 0.3) is 10.8 Å². The van der Waals surface area contributed by atoms with Crippen LogP contribution in [0.4, 0.5) is 0 Å². The maximum atomic E-state index is 2.45. The minimum Gasteiger partial charge on any atom is -0.0654 e. The van der Waals surface area contributed by atoms with E-state index in [-0.39, 0.29) is 10.8 Å². The number of rotatable bonds is 12. The van der Waals surface area contributed by atoms with Crippen LogP contribution in [0.2, 0.25) is 0 Å². The third-order valence-electron chi connectivity index (χ3n) is 9.95. The Morgan fingerprint density at radius 3 is 1.05 bits per heavy atom. The molecule has 0 aliphatic heterocycles. The van der Waals surface area contributed by atoms with E-state index in [0.29, 0.717) is 0 Å². The van der Waals surface area contributed by atoms with Gasteiger partial charge in [-0.1, -0.05) is 119 Å². The second kappa shape index (κ2) is 13.7. The standard InChI is InChI=1S/C42H62/c1-11-15-21-29-30(22-16-12-2)32(24-18-14-4)36-28-38-37(27-35(36)31(29)23-17-13-3)39(41(5,6)7)33-25-19-20-26-34(33)40(38)42(8,9)10/h19-20,25-26H,11-18,21-24,27-28H2,1-10H3. The summed E-state index contributed by atoms with van der Waals surface area (Å²) in [5, 5.41) is 2.98. The fourth-order valence-corrected chi connectivity index (χ4v) is 8.14. The molecule has 3 aromatic carbocycles. The lowest BCUT2D eigenvalue weighted by atomic mass is 9.66. The molecule has 0 fully saturated rings. The molecule has 0 heteroatoms. The molecule has 4 rings (SSSR count). The van der Waals surface area contributed by atoms with Gasteiger partial charge in [-0.15, -0.1) is 0 Å². The van der Waals surface area contributed by atoms with Crippen molar-refractivity contribution < 1.29 is 0 Å². The molecule has 0 bridgehead atoms. The molecular formula is C42H62. The first-order valence-corrected chi connectivity index (χ1v) is 17.7. The fourth-order valence-electron chi connectivity index (χ4n) is 8.14. The highest BCUT2D eigenvalue weighted by Crippen LogP contribution is 2.48. The summed E-state index contributed by atoms with van der Waals surface area (Å²) in [5.41, 5.74) is 17.3. The second-order valence-corrected chi connectivity index (χ2v) is 15.4. The molecule has 1 aliphatic carbocycles. The quantitative estimate of drug-likeness (QED) is 0.160. The van der Waals surface area contributed by atoms with Crippen molar-refractivity contribution in [2.75, 3.05) is 0 Å². The van der Waals surface area contributed by atoms with Crippen LogP contribution in [-0.4, -0.2) is 0 Å². The predicted octanol–water partition coefficient (Wildman–Crippen LogP) is 12.3. The van der Waals surface area contributed by atoms with Crippen LogP contribution in [0.3, 0.4) is 0 Å². The summed E-state index contributed by atoms with van der Waals surface area (Å²) in [6.07, 6.45) is 17.6. The van der Waals surface area contributed by atoms with Crippen LogP contribution < -0.4 is 0 Å². The zero-order valence-corrected chi connectivity index (χ0v) is 29.2. The minimum absolute atomic E-state index is 0.0956. The zero-order chi connectivity index (χ0) is 30.7. The molecule has 0 radical (unpaired) electrons. The number of unbranched alkanes of at least 4 members (excludes halogenated alkanes) is 4. The van der Waals surface area contributed by atoms with E-state index in [0.717, 1.165) is 12.8 Å². The Bertz CT molecular complexity index is 1260. The summed E-state index contributed by atoms with van der Waals surface area (Å²) in [5.74, 6) is 0. The van der Waals surface area contributed by atoms with E-state index < -0.39 is 0 Å². The van der Waals surface area contributed by atoms with Crippen molar-refractivity contribution in [2.45, 2.75) is 170 Å². The largest absolute Gasteiger partial charge is 0.0654 e. The molecule has 0 heterocycles. The molecule has 0 saturated heterocycles. The topological polar surface area (TPSA) is 0 Å². The minimum atomic E-state index is 0.0956. The van der Waals surface area contributed by atoms with Gasteiger partial charge < -0.3 is 0 Å². The van der Waals surface area contributed by atoms with Crippen molar-refractivity contribution in [3.63, 3.8) is 0 Å². The Morgan fingerprint density at radius 1 is 0.452 bits per heavy atom. The van der Waals surface area contributed by atoms with E-state index in [9.17, 15) is 0 Å². The monoisotopic (exact) mass is 566 g/mol. The second-order valence-electron chi connectivity index (χ2n) is 15.4. The van der Waals surface area contributed by atoms with E-state index in [1.165, 1.54) is 87.8 Å². The SMILES string of the molecule is CCCCc1c(CCCC)c(CCCC)c2c(c1CCCC)Cc1c(c(C(C)(C)C)c3ccccc3c1C(C)(C)C)C2.